The zero-order valence-corrected chi connectivity index (χ0v) is 19.8. The minimum Gasteiger partial charge on any atom is -0.493 e. The first-order chi connectivity index (χ1) is 15.9. The first-order valence-electron chi connectivity index (χ1n) is 10.6. The van der Waals surface area contributed by atoms with E-state index in [1.807, 2.05) is 24.3 Å². The van der Waals surface area contributed by atoms with E-state index < -0.39 is 5.91 Å². The molecule has 2 amide bonds. The number of nitrogens with one attached hydrogen (secondary N) is 2. The van der Waals surface area contributed by atoms with Crippen molar-refractivity contribution in [3.8, 4) is 17.2 Å². The fraction of sp³-hybridized carbons (Fsp3) is 0.417. The molecule has 33 heavy (non-hydrogen) atoms. The van der Waals surface area contributed by atoms with Crippen LogP contribution in [-0.4, -0.2) is 59.4 Å². The Morgan fingerprint density at radius 3 is 2.12 bits per heavy atom. The summed E-state index contributed by atoms with van der Waals surface area (Å²) in [4.78, 5) is 25.2. The smallest absolute Gasteiger partial charge is 0.251 e. The molecule has 0 bridgehead atoms. The number of hydrogen-bond donors (Lipinski definition) is 2. The summed E-state index contributed by atoms with van der Waals surface area (Å²) in [6.07, 6.45) is 1.57. The molecule has 0 aromatic heterocycles. The maximum absolute atomic E-state index is 12.6. The summed E-state index contributed by atoms with van der Waals surface area (Å²) in [7, 11) is 4.43. The second-order valence-electron chi connectivity index (χ2n) is 7.77. The van der Waals surface area contributed by atoms with Crippen LogP contribution in [0, 0.1) is 0 Å². The fourth-order valence-electron chi connectivity index (χ4n) is 3.94. The van der Waals surface area contributed by atoms with E-state index in [1.165, 1.54) is 33.5 Å². The predicted octanol–water partition coefficient (Wildman–Crippen LogP) is 2.96. The lowest BCUT2D eigenvalue weighted by Crippen LogP contribution is -2.47. The van der Waals surface area contributed by atoms with E-state index in [-0.39, 0.29) is 17.9 Å². The summed E-state index contributed by atoms with van der Waals surface area (Å²) >= 11 is 6.04. The standard InChI is InChI=1S/C24H29ClN2O6/c1-30-19-12-16(13-20(31-2)22(19)32-3)23(29)26-14-21(28)27-15-24(8-10-33-11-9-24)17-4-6-18(25)7-5-17/h4-7,12-13H,8-11,14-15H2,1-3H3,(H,26,29)(H,27,28). The van der Waals surface area contributed by atoms with E-state index >= 15 is 0 Å². The molecule has 1 aliphatic heterocycles. The lowest BCUT2D eigenvalue weighted by Gasteiger charge is -2.38. The fourth-order valence-corrected chi connectivity index (χ4v) is 4.06. The monoisotopic (exact) mass is 476 g/mol. The molecule has 8 nitrogen and oxygen atoms in total. The van der Waals surface area contributed by atoms with Crippen molar-refractivity contribution in [3.63, 3.8) is 0 Å². The Labute approximate surface area is 198 Å². The van der Waals surface area contributed by atoms with Crippen molar-refractivity contribution in [2.45, 2.75) is 18.3 Å². The zero-order chi connectivity index (χ0) is 23.8. The Bertz CT molecular complexity index is 948. The van der Waals surface area contributed by atoms with Gasteiger partial charge in [0.25, 0.3) is 5.91 Å². The van der Waals surface area contributed by atoms with E-state index in [4.69, 9.17) is 30.5 Å². The van der Waals surface area contributed by atoms with Gasteiger partial charge < -0.3 is 29.6 Å². The van der Waals surface area contributed by atoms with Crippen LogP contribution in [0.4, 0.5) is 0 Å². The molecule has 0 atom stereocenters. The molecule has 3 rings (SSSR count). The number of rotatable bonds is 9. The minimum atomic E-state index is -0.428. The normalized spacial score (nSPS) is 14.8. The molecule has 0 saturated carbocycles. The van der Waals surface area contributed by atoms with Gasteiger partial charge in [-0.3, -0.25) is 9.59 Å². The second kappa shape index (κ2) is 11.2. The first kappa shape index (κ1) is 24.7. The second-order valence-corrected chi connectivity index (χ2v) is 8.21. The summed E-state index contributed by atoms with van der Waals surface area (Å²) in [6.45, 7) is 1.52. The van der Waals surface area contributed by atoms with E-state index in [0.717, 1.165) is 18.4 Å². The number of ether oxygens (including phenoxy) is 4. The van der Waals surface area contributed by atoms with Crippen molar-refractivity contribution in [1.82, 2.24) is 10.6 Å². The van der Waals surface area contributed by atoms with Crippen LogP contribution in [0.5, 0.6) is 17.2 Å². The summed E-state index contributed by atoms with van der Waals surface area (Å²) in [5.74, 6) is 0.392. The van der Waals surface area contributed by atoms with Gasteiger partial charge in [0.15, 0.2) is 11.5 Å². The van der Waals surface area contributed by atoms with Gasteiger partial charge in [-0.25, -0.2) is 0 Å². The van der Waals surface area contributed by atoms with Gasteiger partial charge in [-0.05, 0) is 42.7 Å². The molecular weight excluding hydrogens is 448 g/mol. The van der Waals surface area contributed by atoms with Crippen molar-refractivity contribution in [3.05, 3.63) is 52.5 Å². The third kappa shape index (κ3) is 5.89. The molecule has 1 fully saturated rings. The van der Waals surface area contributed by atoms with Crippen LogP contribution < -0.4 is 24.8 Å². The molecular formula is C24H29ClN2O6. The van der Waals surface area contributed by atoms with E-state index in [0.29, 0.717) is 47.6 Å². The molecule has 1 aliphatic rings. The Balaban J connectivity index is 1.62. The number of amides is 2. The van der Waals surface area contributed by atoms with Gasteiger partial charge in [-0.1, -0.05) is 23.7 Å². The Morgan fingerprint density at radius 2 is 1.58 bits per heavy atom. The summed E-state index contributed by atoms with van der Waals surface area (Å²) < 4.78 is 21.4. The number of benzene rings is 2. The lowest BCUT2D eigenvalue weighted by molar-refractivity contribution is -0.120. The topological polar surface area (TPSA) is 95.1 Å². The van der Waals surface area contributed by atoms with Gasteiger partial charge in [-0.15, -0.1) is 0 Å². The highest BCUT2D eigenvalue weighted by Gasteiger charge is 2.34. The summed E-state index contributed by atoms with van der Waals surface area (Å²) in [5, 5.41) is 6.27. The average Bonchev–Trinajstić information content (AvgIpc) is 2.85. The Hall–Kier alpha value is -2.97. The Morgan fingerprint density at radius 1 is 0.970 bits per heavy atom. The van der Waals surface area contributed by atoms with Gasteiger partial charge in [0.1, 0.15) is 0 Å². The summed E-state index contributed by atoms with van der Waals surface area (Å²) in [6, 6.07) is 10.8. The van der Waals surface area contributed by atoms with Crippen LogP contribution in [-0.2, 0) is 14.9 Å². The Kier molecular flexibility index (Phi) is 8.41. The van der Waals surface area contributed by atoms with Gasteiger partial charge in [-0.2, -0.15) is 0 Å². The molecule has 1 heterocycles. The number of halogens is 1. The average molecular weight is 477 g/mol. The van der Waals surface area contributed by atoms with Crippen LogP contribution in [0.2, 0.25) is 5.02 Å². The van der Waals surface area contributed by atoms with Crippen LogP contribution in [0.1, 0.15) is 28.8 Å². The van der Waals surface area contributed by atoms with E-state index in [2.05, 4.69) is 10.6 Å². The van der Waals surface area contributed by atoms with Crippen molar-refractivity contribution in [2.24, 2.45) is 0 Å². The number of methoxy groups -OCH3 is 3. The highest BCUT2D eigenvalue weighted by Crippen LogP contribution is 2.38. The van der Waals surface area contributed by atoms with Crippen molar-refractivity contribution >= 4 is 23.4 Å². The van der Waals surface area contributed by atoms with Crippen molar-refractivity contribution in [1.29, 1.82) is 0 Å². The first-order valence-corrected chi connectivity index (χ1v) is 11.0. The molecule has 2 N–H and O–H groups in total. The van der Waals surface area contributed by atoms with E-state index in [1.54, 1.807) is 0 Å². The quantitative estimate of drug-likeness (QED) is 0.577. The van der Waals surface area contributed by atoms with Crippen molar-refractivity contribution in [2.75, 3.05) is 47.6 Å². The van der Waals surface area contributed by atoms with Gasteiger partial charge in [0, 0.05) is 35.8 Å². The molecule has 178 valence electrons. The molecule has 0 radical (unpaired) electrons. The van der Waals surface area contributed by atoms with Gasteiger partial charge in [0.2, 0.25) is 11.7 Å². The minimum absolute atomic E-state index is 0.164. The SMILES string of the molecule is COc1cc(C(=O)NCC(=O)NCC2(c3ccc(Cl)cc3)CCOCC2)cc(OC)c1OC. The summed E-state index contributed by atoms with van der Waals surface area (Å²) in [5.41, 5.74) is 1.16. The third-order valence-corrected chi connectivity index (χ3v) is 6.12. The van der Waals surface area contributed by atoms with Crippen molar-refractivity contribution < 1.29 is 28.5 Å². The largest absolute Gasteiger partial charge is 0.493 e. The van der Waals surface area contributed by atoms with Crippen LogP contribution in [0.15, 0.2) is 36.4 Å². The maximum Gasteiger partial charge on any atom is 0.251 e. The maximum atomic E-state index is 12.6. The third-order valence-electron chi connectivity index (χ3n) is 5.87. The molecule has 0 unspecified atom stereocenters. The highest BCUT2D eigenvalue weighted by atomic mass is 35.5. The lowest BCUT2D eigenvalue weighted by atomic mass is 9.74. The number of carbonyl (C=O) groups excluding carboxylic acids is 2. The molecule has 1 saturated heterocycles. The zero-order valence-electron chi connectivity index (χ0n) is 19.0. The van der Waals surface area contributed by atoms with Crippen LogP contribution in [0.3, 0.4) is 0 Å². The van der Waals surface area contributed by atoms with E-state index in [9.17, 15) is 9.59 Å². The molecule has 2 aromatic rings. The van der Waals surface area contributed by atoms with Gasteiger partial charge in [0.05, 0.1) is 27.9 Å². The molecule has 0 aliphatic carbocycles. The molecule has 2 aromatic carbocycles. The molecule has 9 heteroatoms. The van der Waals surface area contributed by atoms with Crippen LogP contribution in [0.25, 0.3) is 0 Å². The van der Waals surface area contributed by atoms with Gasteiger partial charge >= 0.3 is 0 Å². The highest BCUT2D eigenvalue weighted by molar-refractivity contribution is 6.30. The van der Waals surface area contributed by atoms with Crippen LogP contribution >= 0.6 is 11.6 Å². The predicted molar refractivity (Wildman–Crippen MR) is 125 cm³/mol. The number of hydrogen-bond acceptors (Lipinski definition) is 6. The number of carbonyl (C=O) groups is 2. The molecule has 0 spiro atoms.